The highest BCUT2D eigenvalue weighted by Crippen LogP contribution is 2.27. The van der Waals surface area contributed by atoms with E-state index >= 15 is 0 Å². The van der Waals surface area contributed by atoms with E-state index in [0.29, 0.717) is 28.4 Å². The third kappa shape index (κ3) is 4.97. The van der Waals surface area contributed by atoms with Gasteiger partial charge in [0.15, 0.2) is 18.1 Å². The van der Waals surface area contributed by atoms with Gasteiger partial charge in [0, 0.05) is 5.56 Å². The van der Waals surface area contributed by atoms with Gasteiger partial charge in [-0.2, -0.15) is 10.4 Å². The summed E-state index contributed by atoms with van der Waals surface area (Å²) in [6, 6.07) is 13.7. The lowest BCUT2D eigenvalue weighted by atomic mass is 10.2. The van der Waals surface area contributed by atoms with Crippen molar-refractivity contribution in [1.29, 1.82) is 5.26 Å². The van der Waals surface area contributed by atoms with Crippen LogP contribution >= 0.6 is 0 Å². The summed E-state index contributed by atoms with van der Waals surface area (Å²) >= 11 is 0. The highest BCUT2D eigenvalue weighted by molar-refractivity contribution is 5.95. The van der Waals surface area contributed by atoms with E-state index in [1.54, 1.807) is 49.6 Å². The fraction of sp³-hybridized carbons (Fsp3) is 0.167. The quantitative estimate of drug-likeness (QED) is 0.617. The van der Waals surface area contributed by atoms with Crippen LogP contribution in [0.4, 0.5) is 0 Å². The molecule has 0 saturated carbocycles. The molecule has 0 heterocycles. The number of carbonyl (C=O) groups is 1. The topological polar surface area (TPSA) is 92.9 Å². The maximum absolute atomic E-state index is 12.0. The maximum Gasteiger partial charge on any atom is 0.271 e. The Morgan fingerprint density at radius 2 is 1.92 bits per heavy atom. The van der Waals surface area contributed by atoms with Crippen molar-refractivity contribution in [2.24, 2.45) is 5.10 Å². The van der Waals surface area contributed by atoms with Gasteiger partial charge < -0.3 is 14.2 Å². The Balaban J connectivity index is 2.01. The van der Waals surface area contributed by atoms with Crippen molar-refractivity contribution in [2.45, 2.75) is 0 Å². The number of amides is 1. The van der Waals surface area contributed by atoms with Gasteiger partial charge in [-0.1, -0.05) is 0 Å². The zero-order valence-electron chi connectivity index (χ0n) is 13.9. The van der Waals surface area contributed by atoms with Crippen LogP contribution < -0.4 is 19.6 Å². The molecule has 0 unspecified atom stereocenters. The molecule has 7 heteroatoms. The Morgan fingerprint density at radius 1 is 1.16 bits per heavy atom. The summed E-state index contributed by atoms with van der Waals surface area (Å²) in [5.41, 5.74) is 3.62. The van der Waals surface area contributed by atoms with Gasteiger partial charge in [0.2, 0.25) is 0 Å². The first-order valence-electron chi connectivity index (χ1n) is 7.33. The van der Waals surface area contributed by atoms with Gasteiger partial charge in [0.05, 0.1) is 20.4 Å². The van der Waals surface area contributed by atoms with E-state index in [1.807, 2.05) is 6.07 Å². The summed E-state index contributed by atoms with van der Waals surface area (Å²) in [4.78, 5) is 12.0. The number of benzene rings is 2. The van der Waals surface area contributed by atoms with Crippen molar-refractivity contribution < 1.29 is 19.0 Å². The van der Waals surface area contributed by atoms with E-state index in [1.165, 1.54) is 13.3 Å². The number of hydrogen-bond donors (Lipinski definition) is 1. The van der Waals surface area contributed by atoms with Crippen molar-refractivity contribution in [3.63, 3.8) is 0 Å². The van der Waals surface area contributed by atoms with Gasteiger partial charge in [0.25, 0.3) is 5.91 Å². The molecule has 2 aromatic carbocycles. The molecule has 7 nitrogen and oxygen atoms in total. The maximum atomic E-state index is 12.0. The number of hydrogen-bond acceptors (Lipinski definition) is 6. The van der Waals surface area contributed by atoms with E-state index in [9.17, 15) is 4.79 Å². The van der Waals surface area contributed by atoms with Crippen LogP contribution in [0.15, 0.2) is 47.6 Å². The predicted octanol–water partition coefficient (Wildman–Crippen LogP) is 2.37. The second-order valence-corrected chi connectivity index (χ2v) is 4.78. The average Bonchev–Trinajstić information content (AvgIpc) is 2.66. The van der Waals surface area contributed by atoms with E-state index < -0.39 is 0 Å². The SMILES string of the molecule is COc1ccc(C(=O)N/N=C\c2ccc(OCC#N)c(OC)c2)cc1. The molecule has 1 amide bonds. The molecule has 25 heavy (non-hydrogen) atoms. The van der Waals surface area contributed by atoms with Crippen molar-refractivity contribution in [1.82, 2.24) is 5.43 Å². The lowest BCUT2D eigenvalue weighted by molar-refractivity contribution is 0.0955. The monoisotopic (exact) mass is 339 g/mol. The van der Waals surface area contributed by atoms with Crippen molar-refractivity contribution in [2.75, 3.05) is 20.8 Å². The molecule has 0 aliphatic heterocycles. The Bertz CT molecular complexity index is 795. The molecule has 0 fully saturated rings. The molecule has 0 atom stereocenters. The molecule has 0 aliphatic rings. The lowest BCUT2D eigenvalue weighted by Gasteiger charge is -2.08. The normalized spacial score (nSPS) is 10.1. The molecule has 128 valence electrons. The number of ether oxygens (including phenoxy) is 3. The Labute approximate surface area is 145 Å². The number of methoxy groups -OCH3 is 2. The minimum atomic E-state index is -0.333. The second kappa shape index (κ2) is 8.93. The molecule has 0 spiro atoms. The first-order chi connectivity index (χ1) is 12.2. The van der Waals surface area contributed by atoms with Gasteiger partial charge in [-0.25, -0.2) is 5.43 Å². The van der Waals surface area contributed by atoms with Crippen LogP contribution in [0.2, 0.25) is 0 Å². The second-order valence-electron chi connectivity index (χ2n) is 4.78. The number of nitrogens with one attached hydrogen (secondary N) is 1. The first-order valence-corrected chi connectivity index (χ1v) is 7.33. The fourth-order valence-electron chi connectivity index (χ4n) is 1.97. The predicted molar refractivity (Wildman–Crippen MR) is 92.2 cm³/mol. The number of nitriles is 1. The summed E-state index contributed by atoms with van der Waals surface area (Å²) in [5, 5.41) is 12.5. The van der Waals surface area contributed by atoms with Gasteiger partial charge in [0.1, 0.15) is 11.8 Å². The Kier molecular flexibility index (Phi) is 6.37. The fourth-order valence-corrected chi connectivity index (χ4v) is 1.97. The number of hydrazone groups is 1. The summed E-state index contributed by atoms with van der Waals surface area (Å²) < 4.78 is 15.5. The molecule has 1 N–H and O–H groups in total. The van der Waals surface area contributed by atoms with E-state index in [2.05, 4.69) is 10.5 Å². The summed E-state index contributed by atoms with van der Waals surface area (Å²) in [7, 11) is 3.06. The van der Waals surface area contributed by atoms with Crippen molar-refractivity contribution >= 4 is 12.1 Å². The minimum absolute atomic E-state index is 0.0677. The van der Waals surface area contributed by atoms with Gasteiger partial charge >= 0.3 is 0 Å². The van der Waals surface area contributed by atoms with E-state index in [4.69, 9.17) is 19.5 Å². The van der Waals surface area contributed by atoms with Crippen LogP contribution in [0.5, 0.6) is 17.2 Å². The van der Waals surface area contributed by atoms with Crippen LogP contribution in [-0.2, 0) is 0 Å². The third-order valence-electron chi connectivity index (χ3n) is 3.21. The van der Waals surface area contributed by atoms with E-state index in [-0.39, 0.29) is 12.5 Å². The first kappa shape index (κ1) is 17.8. The van der Waals surface area contributed by atoms with E-state index in [0.717, 1.165) is 0 Å². The van der Waals surface area contributed by atoms with Crippen molar-refractivity contribution in [3.05, 3.63) is 53.6 Å². The lowest BCUT2D eigenvalue weighted by Crippen LogP contribution is -2.17. The highest BCUT2D eigenvalue weighted by atomic mass is 16.5. The highest BCUT2D eigenvalue weighted by Gasteiger charge is 2.06. The largest absolute Gasteiger partial charge is 0.497 e. The van der Waals surface area contributed by atoms with Crippen LogP contribution in [0.25, 0.3) is 0 Å². The standard InChI is InChI=1S/C18H17N3O4/c1-23-15-6-4-14(5-7-15)18(22)21-20-12-13-3-8-16(25-10-9-19)17(11-13)24-2/h3-8,11-12H,10H2,1-2H3,(H,21,22)/b20-12-. The van der Waals surface area contributed by atoms with Crippen LogP contribution in [0, 0.1) is 11.3 Å². The summed E-state index contributed by atoms with van der Waals surface area (Å²) in [5.74, 6) is 1.27. The molecular formula is C18H17N3O4. The number of rotatable bonds is 7. The summed E-state index contributed by atoms with van der Waals surface area (Å²) in [6.45, 7) is -0.0677. The van der Waals surface area contributed by atoms with Crippen LogP contribution in [0.1, 0.15) is 15.9 Å². The van der Waals surface area contributed by atoms with Crippen LogP contribution in [-0.4, -0.2) is 32.9 Å². The Hall–Kier alpha value is -3.53. The molecule has 2 aromatic rings. The van der Waals surface area contributed by atoms with Gasteiger partial charge in [-0.15, -0.1) is 0 Å². The molecule has 0 bridgehead atoms. The number of carbonyl (C=O) groups excluding carboxylic acids is 1. The Morgan fingerprint density at radius 3 is 2.56 bits per heavy atom. The molecule has 0 saturated heterocycles. The van der Waals surface area contributed by atoms with Crippen LogP contribution in [0.3, 0.4) is 0 Å². The van der Waals surface area contributed by atoms with Crippen molar-refractivity contribution in [3.8, 4) is 23.3 Å². The molecule has 2 rings (SSSR count). The molecule has 0 aromatic heterocycles. The minimum Gasteiger partial charge on any atom is -0.497 e. The smallest absolute Gasteiger partial charge is 0.271 e. The van der Waals surface area contributed by atoms with Gasteiger partial charge in [-0.05, 0) is 48.0 Å². The summed E-state index contributed by atoms with van der Waals surface area (Å²) in [6.07, 6.45) is 1.48. The number of nitrogens with zero attached hydrogens (tertiary/aromatic N) is 2. The average molecular weight is 339 g/mol. The van der Waals surface area contributed by atoms with Gasteiger partial charge in [-0.3, -0.25) is 4.79 Å². The zero-order chi connectivity index (χ0) is 18.1. The molecular weight excluding hydrogens is 322 g/mol. The zero-order valence-corrected chi connectivity index (χ0v) is 13.9. The molecule has 0 radical (unpaired) electrons. The molecule has 0 aliphatic carbocycles. The third-order valence-corrected chi connectivity index (χ3v) is 3.21.